The Morgan fingerprint density at radius 1 is 1.43 bits per heavy atom. The molecular weight excluding hydrogens is 176 g/mol. The highest BCUT2D eigenvalue weighted by Crippen LogP contribution is 2.13. The molecule has 0 aliphatic carbocycles. The largest absolute Gasteiger partial charge is 0.492 e. The maximum absolute atomic E-state index is 5.63. The van der Waals surface area contributed by atoms with Crippen molar-refractivity contribution in [3.8, 4) is 5.75 Å². The monoisotopic (exact) mass is 194 g/mol. The zero-order valence-corrected chi connectivity index (χ0v) is 8.86. The molecule has 0 unspecified atom stereocenters. The van der Waals surface area contributed by atoms with E-state index in [1.165, 1.54) is 0 Å². The molecule has 1 aromatic carbocycles. The summed E-state index contributed by atoms with van der Waals surface area (Å²) < 4.78 is 5.54. The molecular formula is C11H18N2O. The first-order valence-corrected chi connectivity index (χ1v) is 4.89. The molecule has 2 N–H and O–H groups in total. The third-order valence-electron chi connectivity index (χ3n) is 2.14. The maximum atomic E-state index is 5.63. The lowest BCUT2D eigenvalue weighted by molar-refractivity contribution is 0.244. The first-order valence-electron chi connectivity index (χ1n) is 4.89. The summed E-state index contributed by atoms with van der Waals surface area (Å²) in [5.41, 5.74) is 6.37. The van der Waals surface area contributed by atoms with Gasteiger partial charge >= 0.3 is 0 Å². The number of nitrogen functional groups attached to an aromatic ring is 1. The van der Waals surface area contributed by atoms with Crippen LogP contribution >= 0.6 is 0 Å². The zero-order chi connectivity index (χ0) is 10.4. The number of likely N-dealkylation sites (N-methyl/N-ethyl adjacent to an activating group) is 1. The van der Waals surface area contributed by atoms with Gasteiger partial charge in [-0.2, -0.15) is 0 Å². The van der Waals surface area contributed by atoms with Gasteiger partial charge in [-0.25, -0.2) is 0 Å². The summed E-state index contributed by atoms with van der Waals surface area (Å²) in [7, 11) is 2.07. The summed E-state index contributed by atoms with van der Waals surface area (Å²) in [5, 5.41) is 0. The van der Waals surface area contributed by atoms with Crippen molar-refractivity contribution >= 4 is 5.69 Å². The normalized spacial score (nSPS) is 10.5. The number of hydrogen-bond acceptors (Lipinski definition) is 3. The van der Waals surface area contributed by atoms with E-state index in [2.05, 4.69) is 18.9 Å². The van der Waals surface area contributed by atoms with E-state index in [-0.39, 0.29) is 0 Å². The highest BCUT2D eigenvalue weighted by molar-refractivity contribution is 5.43. The number of nitrogens with zero attached hydrogens (tertiary/aromatic N) is 1. The van der Waals surface area contributed by atoms with Crippen LogP contribution in [-0.4, -0.2) is 31.6 Å². The second kappa shape index (κ2) is 5.50. The van der Waals surface area contributed by atoms with Crippen molar-refractivity contribution in [2.75, 3.05) is 32.5 Å². The summed E-state index contributed by atoms with van der Waals surface area (Å²) >= 11 is 0. The van der Waals surface area contributed by atoms with Gasteiger partial charge < -0.3 is 15.4 Å². The van der Waals surface area contributed by atoms with E-state index in [0.717, 1.165) is 24.5 Å². The topological polar surface area (TPSA) is 38.5 Å². The van der Waals surface area contributed by atoms with E-state index in [1.807, 2.05) is 24.3 Å². The molecule has 0 atom stereocenters. The minimum Gasteiger partial charge on any atom is -0.492 e. The number of nitrogens with two attached hydrogens (primary N) is 1. The van der Waals surface area contributed by atoms with E-state index in [1.54, 1.807) is 0 Å². The Labute approximate surface area is 85.5 Å². The van der Waals surface area contributed by atoms with Gasteiger partial charge in [0.1, 0.15) is 12.4 Å². The minimum absolute atomic E-state index is 0.702. The first-order chi connectivity index (χ1) is 6.72. The van der Waals surface area contributed by atoms with Gasteiger partial charge in [0.2, 0.25) is 0 Å². The summed E-state index contributed by atoms with van der Waals surface area (Å²) in [5.74, 6) is 0.842. The van der Waals surface area contributed by atoms with E-state index in [0.29, 0.717) is 6.61 Å². The van der Waals surface area contributed by atoms with Crippen LogP contribution in [0.15, 0.2) is 24.3 Å². The predicted molar refractivity (Wildman–Crippen MR) is 59.5 cm³/mol. The van der Waals surface area contributed by atoms with Gasteiger partial charge in [0, 0.05) is 18.3 Å². The van der Waals surface area contributed by atoms with Gasteiger partial charge in [-0.15, -0.1) is 0 Å². The van der Waals surface area contributed by atoms with Crippen LogP contribution < -0.4 is 10.5 Å². The van der Waals surface area contributed by atoms with Gasteiger partial charge in [0.05, 0.1) is 0 Å². The van der Waals surface area contributed by atoms with Gasteiger partial charge in [-0.05, 0) is 25.7 Å². The molecule has 0 bridgehead atoms. The van der Waals surface area contributed by atoms with Crippen LogP contribution in [-0.2, 0) is 0 Å². The summed E-state index contributed by atoms with van der Waals surface area (Å²) in [6, 6.07) is 7.51. The van der Waals surface area contributed by atoms with Crippen molar-refractivity contribution in [3.63, 3.8) is 0 Å². The second-order valence-corrected chi connectivity index (χ2v) is 3.32. The molecule has 1 aromatic rings. The molecule has 78 valence electrons. The lowest BCUT2D eigenvalue weighted by Gasteiger charge is -2.14. The summed E-state index contributed by atoms with van der Waals surface area (Å²) in [6.45, 7) is 4.81. The molecule has 14 heavy (non-hydrogen) atoms. The molecule has 0 saturated heterocycles. The van der Waals surface area contributed by atoms with Crippen LogP contribution in [0.3, 0.4) is 0 Å². The first kappa shape index (κ1) is 10.9. The third-order valence-corrected chi connectivity index (χ3v) is 2.14. The Morgan fingerprint density at radius 2 is 2.21 bits per heavy atom. The lowest BCUT2D eigenvalue weighted by atomic mass is 10.3. The molecule has 3 nitrogen and oxygen atoms in total. The Kier molecular flexibility index (Phi) is 4.26. The standard InChI is InChI=1S/C11H18N2O/c1-3-13(2)7-8-14-11-6-4-5-10(12)9-11/h4-6,9H,3,7-8,12H2,1-2H3. The fourth-order valence-electron chi connectivity index (χ4n) is 1.08. The average molecular weight is 194 g/mol. The molecule has 0 amide bonds. The quantitative estimate of drug-likeness (QED) is 0.723. The number of rotatable bonds is 5. The highest BCUT2D eigenvalue weighted by atomic mass is 16.5. The molecule has 0 aliphatic rings. The highest BCUT2D eigenvalue weighted by Gasteiger charge is 1.96. The Bertz CT molecular complexity index is 276. The molecule has 0 fully saturated rings. The van der Waals surface area contributed by atoms with Crippen molar-refractivity contribution in [1.29, 1.82) is 0 Å². The molecule has 0 aromatic heterocycles. The average Bonchev–Trinajstić information content (AvgIpc) is 2.17. The van der Waals surface area contributed by atoms with Gasteiger partial charge in [0.15, 0.2) is 0 Å². The van der Waals surface area contributed by atoms with Gasteiger partial charge in [-0.3, -0.25) is 0 Å². The van der Waals surface area contributed by atoms with Crippen LogP contribution in [0.1, 0.15) is 6.92 Å². The Hall–Kier alpha value is -1.22. The number of anilines is 1. The fourth-order valence-corrected chi connectivity index (χ4v) is 1.08. The molecule has 0 spiro atoms. The summed E-state index contributed by atoms with van der Waals surface area (Å²) in [6.07, 6.45) is 0. The van der Waals surface area contributed by atoms with Crippen LogP contribution in [0.4, 0.5) is 5.69 Å². The van der Waals surface area contributed by atoms with Crippen molar-refractivity contribution in [3.05, 3.63) is 24.3 Å². The van der Waals surface area contributed by atoms with Crippen LogP contribution in [0, 0.1) is 0 Å². The predicted octanol–water partition coefficient (Wildman–Crippen LogP) is 1.60. The molecule has 0 radical (unpaired) electrons. The Morgan fingerprint density at radius 3 is 2.86 bits per heavy atom. The van der Waals surface area contributed by atoms with Crippen LogP contribution in [0.2, 0.25) is 0 Å². The lowest BCUT2D eigenvalue weighted by Crippen LogP contribution is -2.23. The minimum atomic E-state index is 0.702. The smallest absolute Gasteiger partial charge is 0.121 e. The van der Waals surface area contributed by atoms with Crippen molar-refractivity contribution < 1.29 is 4.74 Å². The third kappa shape index (κ3) is 3.66. The number of ether oxygens (including phenoxy) is 1. The van der Waals surface area contributed by atoms with E-state index >= 15 is 0 Å². The van der Waals surface area contributed by atoms with Crippen molar-refractivity contribution in [1.82, 2.24) is 4.90 Å². The van der Waals surface area contributed by atoms with Crippen molar-refractivity contribution in [2.45, 2.75) is 6.92 Å². The van der Waals surface area contributed by atoms with E-state index in [4.69, 9.17) is 10.5 Å². The van der Waals surface area contributed by atoms with Gasteiger partial charge in [-0.1, -0.05) is 13.0 Å². The Balaban J connectivity index is 2.31. The molecule has 0 heterocycles. The second-order valence-electron chi connectivity index (χ2n) is 3.32. The fraction of sp³-hybridized carbons (Fsp3) is 0.455. The molecule has 0 saturated carbocycles. The van der Waals surface area contributed by atoms with Crippen LogP contribution in [0.5, 0.6) is 5.75 Å². The van der Waals surface area contributed by atoms with Crippen LogP contribution in [0.25, 0.3) is 0 Å². The number of benzene rings is 1. The number of hydrogen-bond donors (Lipinski definition) is 1. The molecule has 1 rings (SSSR count). The molecule has 0 aliphatic heterocycles. The van der Waals surface area contributed by atoms with Crippen molar-refractivity contribution in [2.24, 2.45) is 0 Å². The summed E-state index contributed by atoms with van der Waals surface area (Å²) in [4.78, 5) is 2.20. The SMILES string of the molecule is CCN(C)CCOc1cccc(N)c1. The van der Waals surface area contributed by atoms with E-state index in [9.17, 15) is 0 Å². The maximum Gasteiger partial charge on any atom is 0.121 e. The van der Waals surface area contributed by atoms with Gasteiger partial charge in [0.25, 0.3) is 0 Å². The zero-order valence-electron chi connectivity index (χ0n) is 8.86. The van der Waals surface area contributed by atoms with E-state index < -0.39 is 0 Å². The molecule has 3 heteroatoms.